The van der Waals surface area contributed by atoms with Gasteiger partial charge in [-0.3, -0.25) is 9.69 Å². The van der Waals surface area contributed by atoms with Crippen molar-refractivity contribution < 1.29 is 39.5 Å². The summed E-state index contributed by atoms with van der Waals surface area (Å²) in [6.07, 6.45) is -1.25. The number of hydrogen-bond acceptors (Lipinski definition) is 7. The van der Waals surface area contributed by atoms with Gasteiger partial charge in [0.2, 0.25) is 0 Å². The number of carbonyl (C=O) groups is 3. The number of carboxylic acids is 2. The third kappa shape index (κ3) is 5.86. The van der Waals surface area contributed by atoms with Crippen LogP contribution >= 0.6 is 34.2 Å². The normalized spacial score (nSPS) is 26.9. The van der Waals surface area contributed by atoms with E-state index >= 15 is 0 Å². The van der Waals surface area contributed by atoms with Gasteiger partial charge in [0, 0.05) is 21.6 Å². The molecule has 3 rings (SSSR count). The molecule has 1 aromatic rings. The van der Waals surface area contributed by atoms with Crippen LogP contribution in [0.4, 0.5) is 0 Å². The first-order valence-electron chi connectivity index (χ1n) is 9.56. The number of rotatable bonds is 5. The molecule has 2 saturated heterocycles. The number of ether oxygens (including phenoxy) is 1. The quantitative estimate of drug-likeness (QED) is 0.307. The Morgan fingerprint density at radius 2 is 1.74 bits per heavy atom. The lowest BCUT2D eigenvalue weighted by molar-refractivity contribution is -0.165. The van der Waals surface area contributed by atoms with Crippen LogP contribution < -0.4 is 0 Å². The molecule has 0 spiro atoms. The average Bonchev–Trinajstić information content (AvgIpc) is 2.96. The Morgan fingerprint density at radius 3 is 2.23 bits per heavy atom. The van der Waals surface area contributed by atoms with Crippen molar-refractivity contribution in [1.29, 1.82) is 0 Å². The second-order valence-corrected chi connectivity index (χ2v) is 9.16. The molecule has 2 aliphatic heterocycles. The summed E-state index contributed by atoms with van der Waals surface area (Å²) in [6, 6.07) is 7.00. The zero-order chi connectivity index (χ0) is 23.5. The summed E-state index contributed by atoms with van der Waals surface area (Å²) < 4.78 is 6.14. The Bertz CT molecular complexity index is 819. The average molecular weight is 570 g/mol. The molecule has 172 valence electrons. The molecule has 2 heterocycles. The minimum absolute atomic E-state index is 0.0734. The molecule has 2 fully saturated rings. The van der Waals surface area contributed by atoms with E-state index in [-0.39, 0.29) is 17.8 Å². The molecule has 0 amide bonds. The van der Waals surface area contributed by atoms with E-state index in [9.17, 15) is 14.4 Å². The van der Waals surface area contributed by atoms with E-state index in [2.05, 4.69) is 46.7 Å². The van der Waals surface area contributed by atoms with Gasteiger partial charge >= 0.3 is 17.9 Å². The topological polar surface area (TPSA) is 145 Å². The van der Waals surface area contributed by atoms with Gasteiger partial charge in [-0.05, 0) is 66.6 Å². The van der Waals surface area contributed by atoms with Gasteiger partial charge in [0.1, 0.15) is 0 Å². The van der Waals surface area contributed by atoms with E-state index in [1.807, 2.05) is 6.07 Å². The molecule has 11 heteroatoms. The van der Waals surface area contributed by atoms with E-state index in [1.165, 1.54) is 19.1 Å². The van der Waals surface area contributed by atoms with Crippen LogP contribution in [0.25, 0.3) is 0 Å². The standard InChI is InChI=1S/C16H19ClINO2.C4H6O6/c1-19-10-4-6-14(19)15(16(20)21-2)11(8-10)9-3-5-12(17)13(18)7-9;5-1(3(7)8)2(6)4(9)10/h3,5,7,10-11,14-15H,4,6,8H2,1-2H3;1-2,5-6H,(H,7,8)(H,9,10)/t10-,11+,14+,15-;/m0./s1. The molecule has 2 unspecified atom stereocenters. The first kappa shape index (κ1) is 25.8. The van der Waals surface area contributed by atoms with Crippen LogP contribution in [0.15, 0.2) is 18.2 Å². The number of halogens is 2. The summed E-state index contributed by atoms with van der Waals surface area (Å²) in [5.74, 6) is -3.46. The third-order valence-electron chi connectivity index (χ3n) is 5.92. The zero-order valence-corrected chi connectivity index (χ0v) is 19.9. The van der Waals surface area contributed by atoms with Gasteiger partial charge < -0.3 is 25.2 Å². The maximum atomic E-state index is 12.4. The molecule has 6 atom stereocenters. The summed E-state index contributed by atoms with van der Waals surface area (Å²) in [6.45, 7) is 0. The third-order valence-corrected chi connectivity index (χ3v) is 7.46. The molecule has 9 nitrogen and oxygen atoms in total. The molecule has 4 N–H and O–H groups in total. The van der Waals surface area contributed by atoms with E-state index in [0.717, 1.165) is 21.4 Å². The highest BCUT2D eigenvalue weighted by molar-refractivity contribution is 14.1. The maximum Gasteiger partial charge on any atom is 0.335 e. The van der Waals surface area contributed by atoms with Crippen molar-refractivity contribution >= 4 is 52.1 Å². The van der Waals surface area contributed by atoms with Crippen LogP contribution in [0, 0.1) is 9.49 Å². The Kier molecular flexibility index (Phi) is 9.07. The molecule has 0 aliphatic carbocycles. The van der Waals surface area contributed by atoms with Gasteiger partial charge in [0.25, 0.3) is 0 Å². The Labute approximate surface area is 198 Å². The first-order valence-corrected chi connectivity index (χ1v) is 11.0. The van der Waals surface area contributed by atoms with Crippen molar-refractivity contribution in [3.8, 4) is 0 Å². The number of aliphatic carboxylic acids is 2. The summed E-state index contributed by atoms with van der Waals surface area (Å²) in [5.41, 5.74) is 1.21. The number of carboxylic acid groups (broad SMARTS) is 2. The molecule has 2 aliphatic rings. The van der Waals surface area contributed by atoms with Gasteiger partial charge in [-0.15, -0.1) is 0 Å². The van der Waals surface area contributed by atoms with Crippen LogP contribution in [0.5, 0.6) is 0 Å². The number of aliphatic hydroxyl groups excluding tert-OH is 2. The summed E-state index contributed by atoms with van der Waals surface area (Å²) in [4.78, 5) is 34.3. The molecule has 0 radical (unpaired) electrons. The summed E-state index contributed by atoms with van der Waals surface area (Å²) in [7, 11) is 3.63. The van der Waals surface area contributed by atoms with E-state index in [4.69, 9.17) is 36.8 Å². The number of hydrogen-bond donors (Lipinski definition) is 4. The minimum Gasteiger partial charge on any atom is -0.479 e. The van der Waals surface area contributed by atoms with Crippen molar-refractivity contribution in [3.63, 3.8) is 0 Å². The molecule has 1 aromatic carbocycles. The van der Waals surface area contributed by atoms with Crippen LogP contribution in [0.2, 0.25) is 5.02 Å². The van der Waals surface area contributed by atoms with Crippen LogP contribution in [-0.2, 0) is 19.1 Å². The number of benzene rings is 1. The Balaban J connectivity index is 0.000000291. The monoisotopic (exact) mass is 569 g/mol. The number of esters is 1. The lowest BCUT2D eigenvalue weighted by atomic mass is 9.76. The highest BCUT2D eigenvalue weighted by Gasteiger charge is 2.49. The fourth-order valence-electron chi connectivity index (χ4n) is 4.28. The van der Waals surface area contributed by atoms with E-state index < -0.39 is 24.1 Å². The van der Waals surface area contributed by atoms with Crippen molar-refractivity contribution in [1.82, 2.24) is 4.90 Å². The summed E-state index contributed by atoms with van der Waals surface area (Å²) in [5, 5.41) is 33.3. The molecule has 0 saturated carbocycles. The fraction of sp³-hybridized carbons (Fsp3) is 0.550. The van der Waals surface area contributed by atoms with Crippen molar-refractivity contribution in [3.05, 3.63) is 32.4 Å². The van der Waals surface area contributed by atoms with Gasteiger partial charge in [0.15, 0.2) is 12.2 Å². The largest absolute Gasteiger partial charge is 0.479 e. The van der Waals surface area contributed by atoms with Crippen molar-refractivity contribution in [2.45, 2.75) is 49.5 Å². The second kappa shape index (κ2) is 10.9. The molecule has 31 heavy (non-hydrogen) atoms. The zero-order valence-electron chi connectivity index (χ0n) is 16.9. The highest BCUT2D eigenvalue weighted by atomic mass is 127. The number of aliphatic hydroxyl groups is 2. The first-order chi connectivity index (χ1) is 14.5. The SMILES string of the molecule is COC(=O)[C@H]1[C@@H](c2ccc(Cl)c(I)c2)C[C@@H]2CC[C@H]1N2C.O=C(O)C(O)C(O)C(=O)O. The maximum absolute atomic E-state index is 12.4. The van der Waals surface area contributed by atoms with Crippen molar-refractivity contribution in [2.24, 2.45) is 5.92 Å². The van der Waals surface area contributed by atoms with Crippen LogP contribution in [0.1, 0.15) is 30.7 Å². The number of piperidine rings is 1. The van der Waals surface area contributed by atoms with Crippen LogP contribution in [0.3, 0.4) is 0 Å². The molecule has 0 aromatic heterocycles. The lowest BCUT2D eigenvalue weighted by Gasteiger charge is -2.41. The van der Waals surface area contributed by atoms with Crippen LogP contribution in [-0.4, -0.2) is 81.7 Å². The number of nitrogens with zero attached hydrogens (tertiary/aromatic N) is 1. The molecular formula is C20H25ClINO8. The minimum atomic E-state index is -2.27. The number of methoxy groups -OCH3 is 1. The predicted molar refractivity (Wildman–Crippen MR) is 119 cm³/mol. The Morgan fingerprint density at radius 1 is 1.16 bits per heavy atom. The lowest BCUT2D eigenvalue weighted by Crippen LogP contribution is -2.49. The van der Waals surface area contributed by atoms with Gasteiger partial charge in [-0.25, -0.2) is 9.59 Å². The van der Waals surface area contributed by atoms with Gasteiger partial charge in [0.05, 0.1) is 18.1 Å². The number of fused-ring (bicyclic) bond motifs is 2. The smallest absolute Gasteiger partial charge is 0.335 e. The summed E-state index contributed by atoms with van der Waals surface area (Å²) >= 11 is 8.38. The highest BCUT2D eigenvalue weighted by Crippen LogP contribution is 2.47. The fourth-order valence-corrected chi connectivity index (χ4v) is 4.94. The van der Waals surface area contributed by atoms with Gasteiger partial charge in [-0.2, -0.15) is 0 Å². The van der Waals surface area contributed by atoms with Gasteiger partial charge in [-0.1, -0.05) is 17.7 Å². The van der Waals surface area contributed by atoms with E-state index in [1.54, 1.807) is 0 Å². The predicted octanol–water partition coefficient (Wildman–Crippen LogP) is 1.56. The Hall–Kier alpha value is -1.47. The number of carbonyl (C=O) groups excluding carboxylic acids is 1. The van der Waals surface area contributed by atoms with Crippen molar-refractivity contribution in [2.75, 3.05) is 14.2 Å². The second-order valence-electron chi connectivity index (χ2n) is 7.59. The molecule has 2 bridgehead atoms. The molecular weight excluding hydrogens is 545 g/mol. The van der Waals surface area contributed by atoms with E-state index in [0.29, 0.717) is 12.1 Å².